The summed E-state index contributed by atoms with van der Waals surface area (Å²) in [5.74, 6) is -0.393. The van der Waals surface area contributed by atoms with E-state index in [1.807, 2.05) is 13.8 Å². The van der Waals surface area contributed by atoms with Gasteiger partial charge in [-0.05, 0) is 38.1 Å². The van der Waals surface area contributed by atoms with E-state index in [0.29, 0.717) is 30.4 Å². The third-order valence-electron chi connectivity index (χ3n) is 3.86. The topological polar surface area (TPSA) is 129 Å². The van der Waals surface area contributed by atoms with Crippen molar-refractivity contribution in [1.82, 2.24) is 0 Å². The third-order valence-corrected chi connectivity index (χ3v) is 3.86. The predicted molar refractivity (Wildman–Crippen MR) is 110 cm³/mol. The molecule has 1 amide bonds. The van der Waals surface area contributed by atoms with E-state index in [-0.39, 0.29) is 16.9 Å². The van der Waals surface area contributed by atoms with Crippen LogP contribution in [0.25, 0.3) is 0 Å². The normalized spacial score (nSPS) is 10.1. The van der Waals surface area contributed by atoms with Crippen molar-refractivity contribution in [2.24, 2.45) is 0 Å². The molecule has 2 aromatic rings. The van der Waals surface area contributed by atoms with Gasteiger partial charge in [0, 0.05) is 24.9 Å². The molecule has 30 heavy (non-hydrogen) atoms. The minimum atomic E-state index is -0.849. The average Bonchev–Trinajstić information content (AvgIpc) is 2.73. The monoisotopic (exact) mass is 417 g/mol. The number of carbonyl (C=O) groups excluding carboxylic acids is 2. The lowest BCUT2D eigenvalue weighted by Crippen LogP contribution is -2.21. The van der Waals surface area contributed by atoms with E-state index in [2.05, 4.69) is 10.6 Å². The zero-order chi connectivity index (χ0) is 22.1. The van der Waals surface area contributed by atoms with Gasteiger partial charge in [-0.25, -0.2) is 4.79 Å². The lowest BCUT2D eigenvalue weighted by molar-refractivity contribution is -0.384. The Morgan fingerprint density at radius 1 is 1.03 bits per heavy atom. The fraction of sp³-hybridized carbons (Fsp3) is 0.300. The van der Waals surface area contributed by atoms with E-state index in [1.54, 1.807) is 18.2 Å². The Balaban J connectivity index is 2.00. The van der Waals surface area contributed by atoms with Gasteiger partial charge in [-0.3, -0.25) is 14.9 Å². The Bertz CT molecular complexity index is 931. The molecule has 0 saturated carbocycles. The summed E-state index contributed by atoms with van der Waals surface area (Å²) in [6.45, 7) is 4.01. The number of carbonyl (C=O) groups is 2. The molecule has 2 rings (SSSR count). The van der Waals surface area contributed by atoms with Gasteiger partial charge >= 0.3 is 5.97 Å². The van der Waals surface area contributed by atoms with Gasteiger partial charge in [0.05, 0.1) is 23.7 Å². The maximum atomic E-state index is 12.2. The highest BCUT2D eigenvalue weighted by Crippen LogP contribution is 2.30. The third kappa shape index (κ3) is 5.84. The first kappa shape index (κ1) is 22.5. The molecule has 0 atom stereocenters. The van der Waals surface area contributed by atoms with E-state index in [9.17, 15) is 19.7 Å². The summed E-state index contributed by atoms with van der Waals surface area (Å²) >= 11 is 0. The molecule has 0 aromatic heterocycles. The number of anilines is 2. The highest BCUT2D eigenvalue weighted by atomic mass is 16.6. The Morgan fingerprint density at radius 3 is 2.37 bits per heavy atom. The number of benzene rings is 2. The van der Waals surface area contributed by atoms with Crippen LogP contribution < -0.4 is 20.1 Å². The molecular formula is C20H23N3O7. The summed E-state index contributed by atoms with van der Waals surface area (Å²) in [5.41, 5.74) is 0.398. The van der Waals surface area contributed by atoms with Gasteiger partial charge in [0.2, 0.25) is 0 Å². The van der Waals surface area contributed by atoms with Crippen LogP contribution in [0.4, 0.5) is 17.1 Å². The summed E-state index contributed by atoms with van der Waals surface area (Å²) in [5, 5.41) is 16.4. The summed E-state index contributed by atoms with van der Waals surface area (Å²) in [6.07, 6.45) is 0. The first-order chi connectivity index (χ1) is 14.4. The molecule has 0 fully saturated rings. The summed E-state index contributed by atoms with van der Waals surface area (Å²) in [6, 6.07) is 8.76. The SMILES string of the molecule is CCOc1ccc(NC(=O)COC(=O)c2ccc(NC)c([N+](=O)[O-])c2)cc1OCC. The smallest absolute Gasteiger partial charge is 0.338 e. The molecule has 0 aliphatic carbocycles. The molecule has 0 saturated heterocycles. The maximum absolute atomic E-state index is 12.2. The Labute approximate surface area is 173 Å². The van der Waals surface area contributed by atoms with E-state index in [1.165, 1.54) is 19.2 Å². The van der Waals surface area contributed by atoms with Crippen LogP contribution >= 0.6 is 0 Å². The van der Waals surface area contributed by atoms with Crippen molar-refractivity contribution in [3.8, 4) is 11.5 Å². The fourth-order valence-electron chi connectivity index (χ4n) is 2.56. The van der Waals surface area contributed by atoms with Crippen molar-refractivity contribution in [2.45, 2.75) is 13.8 Å². The molecule has 2 aromatic carbocycles. The molecule has 0 unspecified atom stereocenters. The van der Waals surface area contributed by atoms with Crippen LogP contribution in [0, 0.1) is 10.1 Å². The maximum Gasteiger partial charge on any atom is 0.338 e. The summed E-state index contributed by atoms with van der Waals surface area (Å²) in [7, 11) is 1.53. The van der Waals surface area contributed by atoms with Crippen molar-refractivity contribution in [3.63, 3.8) is 0 Å². The molecule has 0 bridgehead atoms. The van der Waals surface area contributed by atoms with Crippen LogP contribution in [-0.2, 0) is 9.53 Å². The van der Waals surface area contributed by atoms with Crippen molar-refractivity contribution < 1.29 is 28.7 Å². The van der Waals surface area contributed by atoms with Gasteiger partial charge in [-0.15, -0.1) is 0 Å². The molecule has 160 valence electrons. The number of rotatable bonds is 10. The lowest BCUT2D eigenvalue weighted by Gasteiger charge is -2.13. The minimum absolute atomic E-state index is 0.0341. The van der Waals surface area contributed by atoms with Crippen molar-refractivity contribution in [3.05, 3.63) is 52.1 Å². The second-order valence-corrected chi connectivity index (χ2v) is 5.89. The summed E-state index contributed by atoms with van der Waals surface area (Å²) < 4.78 is 15.9. The highest BCUT2D eigenvalue weighted by Gasteiger charge is 2.18. The molecule has 2 N–H and O–H groups in total. The first-order valence-electron chi connectivity index (χ1n) is 9.22. The van der Waals surface area contributed by atoms with E-state index in [4.69, 9.17) is 14.2 Å². The number of esters is 1. The Kier molecular flexibility index (Phi) is 7.98. The molecule has 0 spiro atoms. The first-order valence-corrected chi connectivity index (χ1v) is 9.22. The predicted octanol–water partition coefficient (Wildman–Crippen LogP) is 3.23. The van der Waals surface area contributed by atoms with E-state index < -0.39 is 23.4 Å². The van der Waals surface area contributed by atoms with E-state index >= 15 is 0 Å². The van der Waals surface area contributed by atoms with Gasteiger partial charge in [0.25, 0.3) is 11.6 Å². The molecule has 10 nitrogen and oxygen atoms in total. The second kappa shape index (κ2) is 10.6. The number of nitro benzene ring substituents is 1. The minimum Gasteiger partial charge on any atom is -0.490 e. The molecule has 0 radical (unpaired) electrons. The van der Waals surface area contributed by atoms with Crippen LogP contribution in [0.15, 0.2) is 36.4 Å². The van der Waals surface area contributed by atoms with E-state index in [0.717, 1.165) is 6.07 Å². The zero-order valence-corrected chi connectivity index (χ0v) is 16.9. The lowest BCUT2D eigenvalue weighted by atomic mass is 10.1. The highest BCUT2D eigenvalue weighted by molar-refractivity contribution is 5.96. The van der Waals surface area contributed by atoms with Crippen molar-refractivity contribution in [2.75, 3.05) is 37.5 Å². The second-order valence-electron chi connectivity index (χ2n) is 5.89. The molecule has 0 heterocycles. The molecule has 0 aliphatic heterocycles. The number of nitro groups is 1. The quantitative estimate of drug-likeness (QED) is 0.342. The molecule has 0 aliphatic rings. The van der Waals surface area contributed by atoms with Gasteiger partial charge in [0.1, 0.15) is 5.69 Å². The molecule has 10 heteroatoms. The van der Waals surface area contributed by atoms with Gasteiger partial charge in [0.15, 0.2) is 18.1 Å². The Morgan fingerprint density at radius 2 is 1.73 bits per heavy atom. The fourth-order valence-corrected chi connectivity index (χ4v) is 2.56. The van der Waals surface area contributed by atoms with Crippen LogP contribution in [0.2, 0.25) is 0 Å². The number of nitrogens with one attached hydrogen (secondary N) is 2. The number of hydrogen-bond donors (Lipinski definition) is 2. The van der Waals surface area contributed by atoms with Gasteiger partial charge in [-0.2, -0.15) is 0 Å². The van der Waals surface area contributed by atoms with Crippen molar-refractivity contribution in [1.29, 1.82) is 0 Å². The number of nitrogens with zero attached hydrogens (tertiary/aromatic N) is 1. The standard InChI is InChI=1S/C20H23N3O7/c1-4-28-17-9-7-14(11-18(17)29-5-2)22-19(24)12-30-20(25)13-6-8-15(21-3)16(10-13)23(26)27/h6-11,21H,4-5,12H2,1-3H3,(H,22,24). The largest absolute Gasteiger partial charge is 0.490 e. The number of amides is 1. The van der Waals surface area contributed by atoms with Gasteiger partial charge < -0.3 is 24.8 Å². The number of ether oxygens (including phenoxy) is 3. The van der Waals surface area contributed by atoms with Crippen LogP contribution in [0.3, 0.4) is 0 Å². The number of hydrogen-bond acceptors (Lipinski definition) is 8. The molecular weight excluding hydrogens is 394 g/mol. The average molecular weight is 417 g/mol. The van der Waals surface area contributed by atoms with Crippen LogP contribution in [-0.4, -0.2) is 43.7 Å². The van der Waals surface area contributed by atoms with Crippen LogP contribution in [0.1, 0.15) is 24.2 Å². The van der Waals surface area contributed by atoms with Crippen LogP contribution in [0.5, 0.6) is 11.5 Å². The zero-order valence-electron chi connectivity index (χ0n) is 16.9. The van der Waals surface area contributed by atoms with Gasteiger partial charge in [-0.1, -0.05) is 0 Å². The Hall–Kier alpha value is -3.82. The summed E-state index contributed by atoms with van der Waals surface area (Å²) in [4.78, 5) is 34.8. The van der Waals surface area contributed by atoms with Crippen molar-refractivity contribution >= 4 is 28.9 Å².